The Morgan fingerprint density at radius 1 is 0.897 bits per heavy atom. The van der Waals surface area contributed by atoms with Crippen LogP contribution < -0.4 is 5.32 Å². The molecular weight excluding hydrogens is 424 g/mol. The highest BCUT2D eigenvalue weighted by Crippen LogP contribution is 2.28. The highest BCUT2D eigenvalue weighted by atomic mass is 79.9. The van der Waals surface area contributed by atoms with Crippen molar-refractivity contribution < 1.29 is 4.79 Å². The van der Waals surface area contributed by atoms with E-state index in [9.17, 15) is 4.79 Å². The van der Waals surface area contributed by atoms with Crippen LogP contribution in [0, 0.1) is 20.8 Å². The van der Waals surface area contributed by atoms with Gasteiger partial charge >= 0.3 is 0 Å². The second-order valence-electron chi connectivity index (χ2n) is 7.31. The van der Waals surface area contributed by atoms with Crippen molar-refractivity contribution in [1.82, 2.24) is 4.98 Å². The number of para-hydroxylation sites is 1. The van der Waals surface area contributed by atoms with Crippen LogP contribution in [0.3, 0.4) is 0 Å². The van der Waals surface area contributed by atoms with Gasteiger partial charge in [-0.05, 0) is 83.7 Å². The van der Waals surface area contributed by atoms with Crippen LogP contribution in [-0.4, -0.2) is 10.9 Å². The zero-order valence-corrected chi connectivity index (χ0v) is 18.2. The van der Waals surface area contributed by atoms with Crippen molar-refractivity contribution in [2.75, 3.05) is 5.32 Å². The third kappa shape index (κ3) is 3.94. The predicted molar refractivity (Wildman–Crippen MR) is 123 cm³/mol. The number of aromatic nitrogens is 1. The minimum absolute atomic E-state index is 0.154. The van der Waals surface area contributed by atoms with Gasteiger partial charge in [-0.2, -0.15) is 0 Å². The first-order valence-corrected chi connectivity index (χ1v) is 10.3. The summed E-state index contributed by atoms with van der Waals surface area (Å²) < 4.78 is 0.860. The van der Waals surface area contributed by atoms with Gasteiger partial charge in [0.05, 0.1) is 22.5 Å². The van der Waals surface area contributed by atoms with Gasteiger partial charge in [0.1, 0.15) is 0 Å². The molecule has 0 spiro atoms. The average molecular weight is 445 g/mol. The molecule has 1 N–H and O–H groups in total. The lowest BCUT2D eigenvalue weighted by Crippen LogP contribution is -2.13. The van der Waals surface area contributed by atoms with Crippen LogP contribution in [0.15, 0.2) is 71.2 Å². The molecule has 0 aliphatic rings. The number of benzene rings is 3. The quantitative estimate of drug-likeness (QED) is 0.375. The van der Waals surface area contributed by atoms with Crippen LogP contribution in [-0.2, 0) is 0 Å². The summed E-state index contributed by atoms with van der Waals surface area (Å²) in [6.07, 6.45) is 0. The molecule has 0 fully saturated rings. The van der Waals surface area contributed by atoms with Gasteiger partial charge < -0.3 is 5.32 Å². The van der Waals surface area contributed by atoms with Crippen LogP contribution in [0.1, 0.15) is 27.0 Å². The van der Waals surface area contributed by atoms with E-state index in [0.717, 1.165) is 37.9 Å². The van der Waals surface area contributed by atoms with Crippen molar-refractivity contribution in [3.63, 3.8) is 0 Å². The van der Waals surface area contributed by atoms with E-state index >= 15 is 0 Å². The minimum Gasteiger partial charge on any atom is -0.321 e. The number of aryl methyl sites for hydroxylation is 3. The molecule has 3 aromatic carbocycles. The van der Waals surface area contributed by atoms with Gasteiger partial charge in [0.2, 0.25) is 0 Å². The smallest absolute Gasteiger partial charge is 0.256 e. The number of hydrogen-bond acceptors (Lipinski definition) is 2. The topological polar surface area (TPSA) is 42.0 Å². The van der Waals surface area contributed by atoms with Crippen LogP contribution in [0.4, 0.5) is 5.69 Å². The zero-order valence-electron chi connectivity index (χ0n) is 16.6. The van der Waals surface area contributed by atoms with E-state index < -0.39 is 0 Å². The normalized spacial score (nSPS) is 10.9. The molecule has 3 nitrogen and oxygen atoms in total. The molecule has 0 aliphatic heterocycles. The van der Waals surface area contributed by atoms with Crippen LogP contribution >= 0.6 is 15.9 Å². The van der Waals surface area contributed by atoms with Crippen molar-refractivity contribution in [2.24, 2.45) is 0 Å². The number of carbonyl (C=O) groups is 1. The first kappa shape index (κ1) is 19.3. The second kappa shape index (κ2) is 7.80. The summed E-state index contributed by atoms with van der Waals surface area (Å²) in [5.41, 5.74) is 7.51. The molecule has 0 saturated carbocycles. The largest absolute Gasteiger partial charge is 0.321 e. The summed E-state index contributed by atoms with van der Waals surface area (Å²) in [6, 6.07) is 21.8. The molecule has 1 heterocycles. The fourth-order valence-electron chi connectivity index (χ4n) is 3.32. The van der Waals surface area contributed by atoms with E-state index in [-0.39, 0.29) is 5.91 Å². The highest BCUT2D eigenvalue weighted by molar-refractivity contribution is 9.10. The predicted octanol–water partition coefficient (Wildman–Crippen LogP) is 6.84. The van der Waals surface area contributed by atoms with Crippen molar-refractivity contribution in [1.29, 1.82) is 0 Å². The second-order valence-corrected chi connectivity index (χ2v) is 8.16. The lowest BCUT2D eigenvalue weighted by atomic mass is 10.0. The van der Waals surface area contributed by atoms with Gasteiger partial charge in [0.25, 0.3) is 5.91 Å². The van der Waals surface area contributed by atoms with E-state index in [0.29, 0.717) is 5.56 Å². The Kier molecular flexibility index (Phi) is 5.20. The summed E-state index contributed by atoms with van der Waals surface area (Å²) in [5.74, 6) is -0.154. The first-order chi connectivity index (χ1) is 13.9. The van der Waals surface area contributed by atoms with E-state index in [2.05, 4.69) is 53.3 Å². The number of fused-ring (bicyclic) bond motifs is 1. The maximum atomic E-state index is 13.2. The van der Waals surface area contributed by atoms with E-state index in [1.165, 1.54) is 11.1 Å². The van der Waals surface area contributed by atoms with E-state index in [1.807, 2.05) is 55.5 Å². The summed E-state index contributed by atoms with van der Waals surface area (Å²) >= 11 is 3.54. The Morgan fingerprint density at radius 2 is 1.69 bits per heavy atom. The fourth-order valence-corrected chi connectivity index (χ4v) is 3.92. The summed E-state index contributed by atoms with van der Waals surface area (Å²) in [4.78, 5) is 18.0. The molecule has 144 valence electrons. The van der Waals surface area contributed by atoms with Crippen molar-refractivity contribution in [2.45, 2.75) is 20.8 Å². The Hall–Kier alpha value is -2.98. The number of pyridine rings is 1. The van der Waals surface area contributed by atoms with Crippen LogP contribution in [0.5, 0.6) is 0 Å². The van der Waals surface area contributed by atoms with Gasteiger partial charge in [-0.1, -0.05) is 36.4 Å². The monoisotopic (exact) mass is 444 g/mol. The molecule has 0 unspecified atom stereocenters. The third-order valence-corrected chi connectivity index (χ3v) is 5.79. The molecule has 4 rings (SSSR count). The lowest BCUT2D eigenvalue weighted by Gasteiger charge is -2.12. The molecule has 1 aromatic heterocycles. The molecule has 29 heavy (non-hydrogen) atoms. The molecule has 1 amide bonds. The van der Waals surface area contributed by atoms with Crippen LogP contribution in [0.25, 0.3) is 22.2 Å². The fraction of sp³-hybridized carbons (Fsp3) is 0.120. The van der Waals surface area contributed by atoms with Crippen molar-refractivity contribution >= 4 is 38.4 Å². The zero-order chi connectivity index (χ0) is 20.5. The number of halogens is 1. The number of nitrogens with zero attached hydrogens (tertiary/aromatic N) is 1. The third-order valence-electron chi connectivity index (χ3n) is 5.14. The van der Waals surface area contributed by atoms with Crippen molar-refractivity contribution in [3.8, 4) is 11.3 Å². The molecule has 4 aromatic rings. The van der Waals surface area contributed by atoms with E-state index in [4.69, 9.17) is 4.98 Å². The summed E-state index contributed by atoms with van der Waals surface area (Å²) in [7, 11) is 0. The SMILES string of the molecule is Cc1ccc(NC(=O)c2cc(-c3ccc(C)c(C)c3)nc3ccccc23)c(Br)c1. The Bertz CT molecular complexity index is 1250. The lowest BCUT2D eigenvalue weighted by molar-refractivity contribution is 0.102. The standard InChI is InChI=1S/C25H21BrN2O/c1-15-8-11-23(21(26)12-15)28-25(29)20-14-24(18-10-9-16(2)17(3)13-18)27-22-7-5-4-6-19(20)22/h4-14H,1-3H3,(H,28,29). The Morgan fingerprint density at radius 3 is 2.45 bits per heavy atom. The minimum atomic E-state index is -0.154. The summed E-state index contributed by atoms with van der Waals surface area (Å²) in [6.45, 7) is 6.19. The molecule has 0 radical (unpaired) electrons. The number of hydrogen-bond donors (Lipinski definition) is 1. The highest BCUT2D eigenvalue weighted by Gasteiger charge is 2.15. The average Bonchev–Trinajstić information content (AvgIpc) is 2.71. The molecule has 0 saturated heterocycles. The maximum Gasteiger partial charge on any atom is 0.256 e. The Balaban J connectivity index is 1.82. The van der Waals surface area contributed by atoms with Crippen molar-refractivity contribution in [3.05, 3.63) is 93.5 Å². The van der Waals surface area contributed by atoms with Gasteiger partial charge in [0.15, 0.2) is 0 Å². The van der Waals surface area contributed by atoms with E-state index in [1.54, 1.807) is 0 Å². The number of rotatable bonds is 3. The number of anilines is 1. The summed E-state index contributed by atoms with van der Waals surface area (Å²) in [5, 5.41) is 3.87. The Labute approximate surface area is 178 Å². The number of nitrogens with one attached hydrogen (secondary N) is 1. The molecule has 0 bridgehead atoms. The van der Waals surface area contributed by atoms with Gasteiger partial charge in [-0.15, -0.1) is 0 Å². The number of carbonyl (C=O) groups excluding carboxylic acids is 1. The maximum absolute atomic E-state index is 13.2. The van der Waals surface area contributed by atoms with Crippen LogP contribution in [0.2, 0.25) is 0 Å². The molecular formula is C25H21BrN2O. The van der Waals surface area contributed by atoms with Gasteiger partial charge in [0, 0.05) is 15.4 Å². The molecule has 0 aliphatic carbocycles. The molecule has 0 atom stereocenters. The molecule has 4 heteroatoms. The first-order valence-electron chi connectivity index (χ1n) is 9.47. The van der Waals surface area contributed by atoms with Gasteiger partial charge in [-0.25, -0.2) is 4.98 Å². The number of amides is 1. The van der Waals surface area contributed by atoms with Gasteiger partial charge in [-0.3, -0.25) is 4.79 Å².